The van der Waals surface area contributed by atoms with Gasteiger partial charge in [-0.3, -0.25) is 9.88 Å². The van der Waals surface area contributed by atoms with Crippen molar-refractivity contribution in [3.05, 3.63) is 48.5 Å². The molecule has 1 aliphatic carbocycles. The molecule has 122 valence electrons. The first-order chi connectivity index (χ1) is 11.9. The van der Waals surface area contributed by atoms with Crippen LogP contribution in [0.15, 0.2) is 42.7 Å². The topological polar surface area (TPSA) is 34.0 Å². The van der Waals surface area contributed by atoms with Gasteiger partial charge in [0.05, 0.1) is 11.0 Å². The molecule has 3 heterocycles. The average molecular weight is 318 g/mol. The second kappa shape index (κ2) is 5.71. The molecule has 0 atom stereocenters. The van der Waals surface area contributed by atoms with E-state index in [0.717, 1.165) is 37.6 Å². The van der Waals surface area contributed by atoms with Crippen LogP contribution in [-0.4, -0.2) is 38.6 Å². The maximum Gasteiger partial charge on any atom is 0.111 e. The Kier molecular flexibility index (Phi) is 3.37. The molecule has 0 saturated heterocycles. The summed E-state index contributed by atoms with van der Waals surface area (Å²) >= 11 is 0. The van der Waals surface area contributed by atoms with E-state index in [-0.39, 0.29) is 0 Å². The van der Waals surface area contributed by atoms with Crippen molar-refractivity contribution in [3.63, 3.8) is 0 Å². The van der Waals surface area contributed by atoms with Gasteiger partial charge < -0.3 is 4.57 Å². The Morgan fingerprint density at radius 3 is 2.58 bits per heavy atom. The van der Waals surface area contributed by atoms with Crippen molar-refractivity contribution >= 4 is 11.0 Å². The number of pyridine rings is 1. The summed E-state index contributed by atoms with van der Waals surface area (Å²) in [6.07, 6.45) is 8.95. The van der Waals surface area contributed by atoms with Crippen molar-refractivity contribution < 1.29 is 0 Å². The van der Waals surface area contributed by atoms with Crippen LogP contribution in [-0.2, 0) is 13.0 Å². The highest BCUT2D eigenvalue weighted by atomic mass is 15.2. The quantitative estimate of drug-likeness (QED) is 0.725. The standard InChI is InChI=1S/C20H22N4/c1-2-17(3-1)23-11-8-20-22-18-5-4-16(15-6-9-21-10-7-15)14-19(18)24(20)13-12-23/h4-7,9-10,14,17H,1-3,8,11-13H2. The van der Waals surface area contributed by atoms with Crippen LogP contribution >= 0.6 is 0 Å². The van der Waals surface area contributed by atoms with Crippen LogP contribution in [0.3, 0.4) is 0 Å². The van der Waals surface area contributed by atoms with Crippen LogP contribution in [0.5, 0.6) is 0 Å². The Labute approximate surface area is 142 Å². The van der Waals surface area contributed by atoms with E-state index in [1.165, 1.54) is 41.7 Å². The molecule has 0 amide bonds. The van der Waals surface area contributed by atoms with Gasteiger partial charge in [-0.25, -0.2) is 4.98 Å². The van der Waals surface area contributed by atoms with Gasteiger partial charge in [0.15, 0.2) is 0 Å². The van der Waals surface area contributed by atoms with Crippen LogP contribution in [0.2, 0.25) is 0 Å². The molecular formula is C20H22N4. The number of aromatic nitrogens is 3. The van der Waals surface area contributed by atoms with E-state index in [1.54, 1.807) is 0 Å². The fraction of sp³-hybridized carbons (Fsp3) is 0.400. The van der Waals surface area contributed by atoms with Crippen LogP contribution in [0.1, 0.15) is 25.1 Å². The maximum absolute atomic E-state index is 4.91. The molecule has 1 saturated carbocycles. The molecule has 4 nitrogen and oxygen atoms in total. The molecule has 4 heteroatoms. The molecule has 3 aromatic rings. The second-order valence-corrected chi connectivity index (χ2v) is 6.99. The van der Waals surface area contributed by atoms with Crippen molar-refractivity contribution in [1.82, 2.24) is 19.4 Å². The molecule has 1 aliphatic heterocycles. The number of hydrogen-bond donors (Lipinski definition) is 0. The lowest BCUT2D eigenvalue weighted by Crippen LogP contribution is -2.41. The van der Waals surface area contributed by atoms with Gasteiger partial charge in [-0.15, -0.1) is 0 Å². The molecule has 2 aromatic heterocycles. The van der Waals surface area contributed by atoms with E-state index < -0.39 is 0 Å². The summed E-state index contributed by atoms with van der Waals surface area (Å²) in [5.74, 6) is 1.25. The van der Waals surface area contributed by atoms with E-state index in [4.69, 9.17) is 4.98 Å². The summed E-state index contributed by atoms with van der Waals surface area (Å²) < 4.78 is 2.44. The molecule has 0 unspecified atom stereocenters. The Morgan fingerprint density at radius 1 is 0.917 bits per heavy atom. The average Bonchev–Trinajstić information content (AvgIpc) is 2.80. The van der Waals surface area contributed by atoms with E-state index in [2.05, 4.69) is 44.8 Å². The van der Waals surface area contributed by atoms with E-state index in [0.29, 0.717) is 0 Å². The number of imidazole rings is 1. The minimum Gasteiger partial charge on any atom is -0.327 e. The highest BCUT2D eigenvalue weighted by Gasteiger charge is 2.27. The Morgan fingerprint density at radius 2 is 1.79 bits per heavy atom. The zero-order valence-electron chi connectivity index (χ0n) is 13.9. The fourth-order valence-electron chi connectivity index (χ4n) is 4.04. The maximum atomic E-state index is 4.91. The predicted molar refractivity (Wildman–Crippen MR) is 95.9 cm³/mol. The first-order valence-electron chi connectivity index (χ1n) is 9.02. The van der Waals surface area contributed by atoms with Crippen molar-refractivity contribution in [1.29, 1.82) is 0 Å². The number of benzene rings is 1. The van der Waals surface area contributed by atoms with Gasteiger partial charge in [0.25, 0.3) is 0 Å². The normalized spacial score (nSPS) is 19.0. The van der Waals surface area contributed by atoms with Gasteiger partial charge in [-0.1, -0.05) is 12.5 Å². The van der Waals surface area contributed by atoms with Gasteiger partial charge in [-0.05, 0) is 48.2 Å². The largest absolute Gasteiger partial charge is 0.327 e. The van der Waals surface area contributed by atoms with Crippen molar-refractivity contribution in [3.8, 4) is 11.1 Å². The van der Waals surface area contributed by atoms with E-state index in [9.17, 15) is 0 Å². The lowest BCUT2D eigenvalue weighted by atomic mass is 9.91. The Hall–Kier alpha value is -2.20. The molecular weight excluding hydrogens is 296 g/mol. The van der Waals surface area contributed by atoms with Gasteiger partial charge in [-0.2, -0.15) is 0 Å². The summed E-state index contributed by atoms with van der Waals surface area (Å²) in [4.78, 5) is 11.7. The molecule has 1 fully saturated rings. The molecule has 0 spiro atoms. The minimum atomic E-state index is 0.827. The van der Waals surface area contributed by atoms with Crippen molar-refractivity contribution in [2.24, 2.45) is 0 Å². The highest BCUT2D eigenvalue weighted by molar-refractivity contribution is 5.82. The first kappa shape index (κ1) is 14.2. The zero-order valence-corrected chi connectivity index (χ0v) is 13.9. The van der Waals surface area contributed by atoms with Crippen LogP contribution in [0.4, 0.5) is 0 Å². The fourth-order valence-corrected chi connectivity index (χ4v) is 4.04. The highest BCUT2D eigenvalue weighted by Crippen LogP contribution is 2.29. The Bertz CT molecular complexity index is 864. The number of rotatable bonds is 2. The third kappa shape index (κ3) is 2.33. The third-order valence-corrected chi connectivity index (χ3v) is 5.67. The minimum absolute atomic E-state index is 0.827. The smallest absolute Gasteiger partial charge is 0.111 e. The summed E-state index contributed by atoms with van der Waals surface area (Å²) in [7, 11) is 0. The van der Waals surface area contributed by atoms with Crippen LogP contribution < -0.4 is 0 Å². The lowest BCUT2D eigenvalue weighted by molar-refractivity contribution is 0.130. The number of nitrogens with zero attached hydrogens (tertiary/aromatic N) is 4. The summed E-state index contributed by atoms with van der Waals surface area (Å²) in [5.41, 5.74) is 4.86. The third-order valence-electron chi connectivity index (χ3n) is 5.67. The molecule has 0 N–H and O–H groups in total. The van der Waals surface area contributed by atoms with E-state index >= 15 is 0 Å². The summed E-state index contributed by atoms with van der Waals surface area (Å²) in [6, 6.07) is 11.6. The molecule has 0 bridgehead atoms. The summed E-state index contributed by atoms with van der Waals surface area (Å²) in [6.45, 7) is 3.37. The first-order valence-corrected chi connectivity index (χ1v) is 9.02. The van der Waals surface area contributed by atoms with Gasteiger partial charge in [0.2, 0.25) is 0 Å². The van der Waals surface area contributed by atoms with Crippen molar-refractivity contribution in [2.45, 2.75) is 38.3 Å². The zero-order chi connectivity index (χ0) is 15.9. The molecule has 5 rings (SSSR count). The van der Waals surface area contributed by atoms with Crippen LogP contribution in [0.25, 0.3) is 22.2 Å². The van der Waals surface area contributed by atoms with Gasteiger partial charge >= 0.3 is 0 Å². The van der Waals surface area contributed by atoms with Gasteiger partial charge in [0.1, 0.15) is 5.82 Å². The number of fused-ring (bicyclic) bond motifs is 3. The molecule has 2 aliphatic rings. The monoisotopic (exact) mass is 318 g/mol. The summed E-state index contributed by atoms with van der Waals surface area (Å²) in [5, 5.41) is 0. The van der Waals surface area contributed by atoms with Crippen molar-refractivity contribution in [2.75, 3.05) is 13.1 Å². The SMILES string of the molecule is c1cc(-c2ccc3nc4n(c3c2)CCN(C2CCC2)CC4)ccn1. The van der Waals surface area contributed by atoms with Gasteiger partial charge in [0, 0.05) is 44.5 Å². The molecule has 1 aromatic carbocycles. The van der Waals surface area contributed by atoms with E-state index in [1.807, 2.05) is 12.4 Å². The molecule has 24 heavy (non-hydrogen) atoms. The number of hydrogen-bond acceptors (Lipinski definition) is 3. The molecule has 0 radical (unpaired) electrons. The second-order valence-electron chi connectivity index (χ2n) is 6.99. The lowest BCUT2D eigenvalue weighted by Gasteiger charge is -2.36. The predicted octanol–water partition coefficient (Wildman–Crippen LogP) is 3.51. The Balaban J connectivity index is 1.51. The van der Waals surface area contributed by atoms with Crippen LogP contribution in [0, 0.1) is 0 Å².